The van der Waals surface area contributed by atoms with Crippen LogP contribution in [0, 0.1) is 17.8 Å². The molecular formula is C25H40O10. The summed E-state index contributed by atoms with van der Waals surface area (Å²) in [6.07, 6.45) is 5.77. The van der Waals surface area contributed by atoms with Crippen molar-refractivity contribution in [2.45, 2.75) is 64.7 Å². The standard InChI is InChI=1S/C25H40O10/c1-7-17(19(24(29)34-5)15-22(27)32-3)18(20(25(30)35-6)16-23(28)33-4)13-11-9-8-10-12-14-21(26)31-2/h13,17,19-20H,7-12,14-16H2,1-6H3/b18-13-. The van der Waals surface area contributed by atoms with Crippen molar-refractivity contribution < 1.29 is 47.7 Å². The molecule has 3 unspecified atom stereocenters. The predicted octanol–water partition coefficient (Wildman–Crippen LogP) is 3.16. The van der Waals surface area contributed by atoms with Gasteiger partial charge in [-0.05, 0) is 31.6 Å². The van der Waals surface area contributed by atoms with Crippen molar-refractivity contribution in [3.8, 4) is 0 Å². The summed E-state index contributed by atoms with van der Waals surface area (Å²) in [5.74, 6) is -5.17. The fourth-order valence-electron chi connectivity index (χ4n) is 3.98. The second kappa shape index (κ2) is 18.4. The Hall–Kier alpha value is -2.91. The number of ether oxygens (including phenoxy) is 5. The molecule has 0 saturated carbocycles. The van der Waals surface area contributed by atoms with Gasteiger partial charge in [0.05, 0.1) is 60.2 Å². The second-order valence-electron chi connectivity index (χ2n) is 8.01. The van der Waals surface area contributed by atoms with E-state index >= 15 is 0 Å². The van der Waals surface area contributed by atoms with E-state index in [1.165, 1.54) is 35.5 Å². The quantitative estimate of drug-likeness (QED) is 0.127. The molecule has 0 bridgehead atoms. The van der Waals surface area contributed by atoms with Crippen molar-refractivity contribution in [3.63, 3.8) is 0 Å². The van der Waals surface area contributed by atoms with Crippen LogP contribution in [0.4, 0.5) is 0 Å². The molecule has 0 spiro atoms. The highest BCUT2D eigenvalue weighted by molar-refractivity contribution is 5.84. The van der Waals surface area contributed by atoms with Crippen LogP contribution in [0.5, 0.6) is 0 Å². The lowest BCUT2D eigenvalue weighted by atomic mass is 9.75. The van der Waals surface area contributed by atoms with Crippen molar-refractivity contribution in [3.05, 3.63) is 11.6 Å². The topological polar surface area (TPSA) is 132 Å². The zero-order valence-corrected chi connectivity index (χ0v) is 21.8. The first-order valence-electron chi connectivity index (χ1n) is 11.8. The normalized spacial score (nSPS) is 13.7. The zero-order chi connectivity index (χ0) is 26.8. The molecule has 0 N–H and O–H groups in total. The first-order valence-corrected chi connectivity index (χ1v) is 11.8. The summed E-state index contributed by atoms with van der Waals surface area (Å²) in [5.41, 5.74) is 0.526. The van der Waals surface area contributed by atoms with E-state index in [0.29, 0.717) is 31.3 Å². The summed E-state index contributed by atoms with van der Waals surface area (Å²) in [7, 11) is 6.25. The third-order valence-corrected chi connectivity index (χ3v) is 5.90. The summed E-state index contributed by atoms with van der Waals surface area (Å²) < 4.78 is 24.1. The van der Waals surface area contributed by atoms with Gasteiger partial charge in [0.15, 0.2) is 0 Å². The summed E-state index contributed by atoms with van der Waals surface area (Å²) in [6, 6.07) is 0. The van der Waals surface area contributed by atoms with Crippen LogP contribution in [-0.4, -0.2) is 65.4 Å². The van der Waals surface area contributed by atoms with Gasteiger partial charge in [0.1, 0.15) is 0 Å². The Bertz CT molecular complexity index is 728. The molecule has 10 heteroatoms. The van der Waals surface area contributed by atoms with Crippen molar-refractivity contribution in [2.24, 2.45) is 17.8 Å². The molecule has 3 atom stereocenters. The molecule has 0 amide bonds. The van der Waals surface area contributed by atoms with Crippen LogP contribution in [0.25, 0.3) is 0 Å². The smallest absolute Gasteiger partial charge is 0.313 e. The van der Waals surface area contributed by atoms with Crippen LogP contribution in [-0.2, 0) is 47.7 Å². The van der Waals surface area contributed by atoms with E-state index in [0.717, 1.165) is 19.3 Å². The largest absolute Gasteiger partial charge is 0.469 e. The molecule has 35 heavy (non-hydrogen) atoms. The van der Waals surface area contributed by atoms with Gasteiger partial charge in [0, 0.05) is 6.42 Å². The number of hydrogen-bond donors (Lipinski definition) is 0. The number of carbonyl (C=O) groups excluding carboxylic acids is 5. The second-order valence-corrected chi connectivity index (χ2v) is 8.01. The van der Waals surface area contributed by atoms with E-state index in [9.17, 15) is 24.0 Å². The minimum atomic E-state index is -0.985. The van der Waals surface area contributed by atoms with Crippen molar-refractivity contribution in [1.82, 2.24) is 0 Å². The highest BCUT2D eigenvalue weighted by atomic mass is 16.5. The molecule has 200 valence electrons. The van der Waals surface area contributed by atoms with Gasteiger partial charge in [-0.1, -0.05) is 31.4 Å². The van der Waals surface area contributed by atoms with E-state index < -0.39 is 41.6 Å². The predicted molar refractivity (Wildman–Crippen MR) is 126 cm³/mol. The average Bonchev–Trinajstić information content (AvgIpc) is 2.88. The number of rotatable bonds is 17. The van der Waals surface area contributed by atoms with E-state index in [-0.39, 0.29) is 18.8 Å². The third kappa shape index (κ3) is 11.9. The molecule has 0 aromatic carbocycles. The number of carbonyl (C=O) groups is 5. The third-order valence-electron chi connectivity index (χ3n) is 5.90. The van der Waals surface area contributed by atoms with Crippen LogP contribution >= 0.6 is 0 Å². The fourth-order valence-corrected chi connectivity index (χ4v) is 3.98. The molecular weight excluding hydrogens is 460 g/mol. The number of hydrogen-bond acceptors (Lipinski definition) is 10. The number of allylic oxidation sites excluding steroid dienone is 1. The van der Waals surface area contributed by atoms with Gasteiger partial charge in [-0.25, -0.2) is 0 Å². The van der Waals surface area contributed by atoms with Gasteiger partial charge in [-0.3, -0.25) is 24.0 Å². The Kier molecular flexibility index (Phi) is 16.9. The van der Waals surface area contributed by atoms with E-state index in [1.54, 1.807) is 0 Å². The lowest BCUT2D eigenvalue weighted by Crippen LogP contribution is -2.34. The first-order chi connectivity index (χ1) is 16.7. The van der Waals surface area contributed by atoms with Crippen LogP contribution in [0.15, 0.2) is 11.6 Å². The summed E-state index contributed by atoms with van der Waals surface area (Å²) in [4.78, 5) is 60.7. The van der Waals surface area contributed by atoms with E-state index in [1.807, 2.05) is 13.0 Å². The number of esters is 5. The van der Waals surface area contributed by atoms with Crippen LogP contribution in [0.2, 0.25) is 0 Å². The van der Waals surface area contributed by atoms with Crippen LogP contribution in [0.3, 0.4) is 0 Å². The lowest BCUT2D eigenvalue weighted by Gasteiger charge is -2.30. The highest BCUT2D eigenvalue weighted by Crippen LogP contribution is 2.36. The van der Waals surface area contributed by atoms with Crippen molar-refractivity contribution in [2.75, 3.05) is 35.5 Å². The minimum absolute atomic E-state index is 0.237. The van der Waals surface area contributed by atoms with Crippen molar-refractivity contribution >= 4 is 29.8 Å². The van der Waals surface area contributed by atoms with Gasteiger partial charge in [0.25, 0.3) is 0 Å². The molecule has 0 rings (SSSR count). The summed E-state index contributed by atoms with van der Waals surface area (Å²) in [6.45, 7) is 1.82. The maximum Gasteiger partial charge on any atom is 0.313 e. The van der Waals surface area contributed by atoms with Gasteiger partial charge >= 0.3 is 29.8 Å². The molecule has 0 radical (unpaired) electrons. The minimum Gasteiger partial charge on any atom is -0.469 e. The summed E-state index contributed by atoms with van der Waals surface area (Å²) in [5, 5.41) is 0. The highest BCUT2D eigenvalue weighted by Gasteiger charge is 2.39. The van der Waals surface area contributed by atoms with Gasteiger partial charge in [-0.15, -0.1) is 0 Å². The average molecular weight is 501 g/mol. The molecule has 0 aromatic heterocycles. The van der Waals surface area contributed by atoms with Gasteiger partial charge in [0.2, 0.25) is 0 Å². The molecule has 0 aliphatic carbocycles. The summed E-state index contributed by atoms with van der Waals surface area (Å²) >= 11 is 0. The first kappa shape index (κ1) is 32.1. The van der Waals surface area contributed by atoms with E-state index in [4.69, 9.17) is 18.9 Å². The van der Waals surface area contributed by atoms with Gasteiger partial charge < -0.3 is 23.7 Å². The maximum atomic E-state index is 12.7. The Balaban J connectivity index is 5.97. The zero-order valence-electron chi connectivity index (χ0n) is 21.8. The SMILES string of the molecule is CCC(/C(=C/CCCCCCC(=O)OC)C(CC(=O)OC)C(=O)OC)C(CC(=O)OC)C(=O)OC. The lowest BCUT2D eigenvalue weighted by molar-refractivity contribution is -0.154. The molecule has 0 aliphatic rings. The fraction of sp³-hybridized carbons (Fsp3) is 0.720. The van der Waals surface area contributed by atoms with Crippen molar-refractivity contribution in [1.29, 1.82) is 0 Å². The Labute approximate surface area is 207 Å². The molecule has 0 aromatic rings. The van der Waals surface area contributed by atoms with Crippen LogP contribution < -0.4 is 0 Å². The number of unbranched alkanes of at least 4 members (excludes halogenated alkanes) is 4. The van der Waals surface area contributed by atoms with Crippen LogP contribution in [0.1, 0.15) is 64.7 Å². The molecule has 0 fully saturated rings. The number of methoxy groups -OCH3 is 5. The monoisotopic (exact) mass is 500 g/mol. The Morgan fingerprint density at radius 1 is 0.629 bits per heavy atom. The maximum absolute atomic E-state index is 12.7. The Morgan fingerprint density at radius 2 is 1.17 bits per heavy atom. The molecule has 0 aliphatic heterocycles. The molecule has 0 heterocycles. The molecule has 0 saturated heterocycles. The van der Waals surface area contributed by atoms with Gasteiger partial charge in [-0.2, -0.15) is 0 Å². The molecule has 10 nitrogen and oxygen atoms in total. The van der Waals surface area contributed by atoms with E-state index in [2.05, 4.69) is 4.74 Å². The Morgan fingerprint density at radius 3 is 1.69 bits per heavy atom.